The summed E-state index contributed by atoms with van der Waals surface area (Å²) >= 11 is 3.24. The number of carbonyl (C=O) groups excluding carboxylic acids is 1. The van der Waals surface area contributed by atoms with Crippen LogP contribution >= 0.6 is 15.9 Å². The lowest BCUT2D eigenvalue weighted by atomic mass is 10.0. The molecule has 1 aromatic rings. The number of nitrogens with one attached hydrogen (secondary N) is 1. The first kappa shape index (κ1) is 12.5. The van der Waals surface area contributed by atoms with Crippen LogP contribution in [0.4, 0.5) is 0 Å². The predicted molar refractivity (Wildman–Crippen MR) is 67.8 cm³/mol. The Morgan fingerprint density at radius 2 is 2.47 bits per heavy atom. The summed E-state index contributed by atoms with van der Waals surface area (Å²) in [5.41, 5.74) is 0.583. The van der Waals surface area contributed by atoms with Crippen molar-refractivity contribution in [2.75, 3.05) is 13.2 Å². The minimum Gasteiger partial charge on any atom is -0.378 e. The van der Waals surface area contributed by atoms with Crippen molar-refractivity contribution in [3.8, 4) is 0 Å². The minimum atomic E-state index is -0.0795. The van der Waals surface area contributed by atoms with Crippen LogP contribution in [0.5, 0.6) is 0 Å². The summed E-state index contributed by atoms with van der Waals surface area (Å²) < 4.78 is 6.18. The fourth-order valence-electron chi connectivity index (χ4n) is 1.88. The van der Waals surface area contributed by atoms with E-state index in [1.54, 1.807) is 18.3 Å². The Bertz CT molecular complexity index is 394. The lowest BCUT2D eigenvalue weighted by Crippen LogP contribution is -2.31. The summed E-state index contributed by atoms with van der Waals surface area (Å²) in [5, 5.41) is 2.92. The van der Waals surface area contributed by atoms with Gasteiger partial charge in [0.25, 0.3) is 5.91 Å². The van der Waals surface area contributed by atoms with Crippen LogP contribution in [0.1, 0.15) is 23.7 Å². The summed E-state index contributed by atoms with van der Waals surface area (Å²) in [6.07, 6.45) is 2.81. The van der Waals surface area contributed by atoms with Crippen molar-refractivity contribution in [1.82, 2.24) is 10.3 Å². The van der Waals surface area contributed by atoms with E-state index in [9.17, 15) is 4.79 Å². The molecule has 1 aliphatic rings. The summed E-state index contributed by atoms with van der Waals surface area (Å²) in [6, 6.07) is 3.51. The molecule has 1 aliphatic heterocycles. The number of ether oxygens (including phenoxy) is 1. The average Bonchev–Trinajstić information content (AvgIpc) is 2.73. The van der Waals surface area contributed by atoms with Gasteiger partial charge in [-0.15, -0.1) is 0 Å². The molecule has 1 fully saturated rings. The Balaban J connectivity index is 1.87. The molecule has 1 saturated heterocycles. The van der Waals surface area contributed by atoms with Gasteiger partial charge in [-0.2, -0.15) is 0 Å². The molecule has 0 radical (unpaired) electrons. The van der Waals surface area contributed by atoms with Gasteiger partial charge in [-0.25, -0.2) is 4.98 Å². The van der Waals surface area contributed by atoms with E-state index in [1.165, 1.54) is 0 Å². The summed E-state index contributed by atoms with van der Waals surface area (Å²) in [5.74, 6) is 0.339. The topological polar surface area (TPSA) is 51.2 Å². The van der Waals surface area contributed by atoms with Crippen LogP contribution < -0.4 is 5.32 Å². The fraction of sp³-hybridized carbons (Fsp3) is 0.500. The lowest BCUT2D eigenvalue weighted by molar-refractivity contribution is 0.0907. The maximum Gasteiger partial charge on any atom is 0.252 e. The van der Waals surface area contributed by atoms with Crippen molar-refractivity contribution in [2.24, 2.45) is 5.92 Å². The van der Waals surface area contributed by atoms with Crippen LogP contribution in [0.15, 0.2) is 22.9 Å². The summed E-state index contributed by atoms with van der Waals surface area (Å²) in [6.45, 7) is 3.50. The third kappa shape index (κ3) is 3.26. The molecule has 0 aliphatic carbocycles. The highest BCUT2D eigenvalue weighted by Crippen LogP contribution is 2.19. The van der Waals surface area contributed by atoms with Crippen LogP contribution in [-0.2, 0) is 4.74 Å². The smallest absolute Gasteiger partial charge is 0.252 e. The van der Waals surface area contributed by atoms with Gasteiger partial charge < -0.3 is 10.1 Å². The van der Waals surface area contributed by atoms with Crippen LogP contribution in [0, 0.1) is 5.92 Å². The number of halogens is 1. The van der Waals surface area contributed by atoms with Gasteiger partial charge in [0, 0.05) is 25.3 Å². The highest BCUT2D eigenvalue weighted by Gasteiger charge is 2.24. The Morgan fingerprint density at radius 3 is 3.06 bits per heavy atom. The zero-order valence-electron chi connectivity index (χ0n) is 9.65. The van der Waals surface area contributed by atoms with E-state index in [0.717, 1.165) is 17.6 Å². The standard InChI is InChI=1S/C12H15BrN2O2/c1-8-9(4-5-17-8)6-15-12(16)10-2-3-11(13)14-7-10/h2-3,7-9H,4-6H2,1H3,(H,15,16). The zero-order chi connectivity index (χ0) is 12.3. The Morgan fingerprint density at radius 1 is 1.65 bits per heavy atom. The molecule has 2 atom stereocenters. The third-order valence-electron chi connectivity index (χ3n) is 3.05. The van der Waals surface area contributed by atoms with Crippen LogP contribution in [0.2, 0.25) is 0 Å². The van der Waals surface area contributed by atoms with Crippen molar-refractivity contribution in [1.29, 1.82) is 0 Å². The Kier molecular flexibility index (Phi) is 4.12. The van der Waals surface area contributed by atoms with E-state index in [0.29, 0.717) is 18.0 Å². The van der Waals surface area contributed by atoms with Crippen LogP contribution in [-0.4, -0.2) is 30.1 Å². The van der Waals surface area contributed by atoms with Gasteiger partial charge in [0.05, 0.1) is 11.7 Å². The van der Waals surface area contributed by atoms with Crippen molar-refractivity contribution >= 4 is 21.8 Å². The molecular weight excluding hydrogens is 284 g/mol. The van der Waals surface area contributed by atoms with E-state index in [4.69, 9.17) is 4.74 Å². The van der Waals surface area contributed by atoms with Crippen LogP contribution in [0.25, 0.3) is 0 Å². The van der Waals surface area contributed by atoms with Crippen LogP contribution in [0.3, 0.4) is 0 Å². The second-order valence-corrected chi connectivity index (χ2v) is 5.02. The monoisotopic (exact) mass is 298 g/mol. The highest BCUT2D eigenvalue weighted by atomic mass is 79.9. The molecule has 0 aromatic carbocycles. The number of pyridine rings is 1. The summed E-state index contributed by atoms with van der Waals surface area (Å²) in [7, 11) is 0. The lowest BCUT2D eigenvalue weighted by Gasteiger charge is -2.14. The first-order chi connectivity index (χ1) is 8.16. The van der Waals surface area contributed by atoms with Crippen molar-refractivity contribution < 1.29 is 9.53 Å². The molecule has 5 heteroatoms. The maximum absolute atomic E-state index is 11.8. The van der Waals surface area contributed by atoms with Crippen molar-refractivity contribution in [2.45, 2.75) is 19.4 Å². The number of aromatic nitrogens is 1. The highest BCUT2D eigenvalue weighted by molar-refractivity contribution is 9.10. The van der Waals surface area contributed by atoms with Gasteiger partial charge >= 0.3 is 0 Å². The number of nitrogens with zero attached hydrogens (tertiary/aromatic N) is 1. The Labute approximate surface area is 109 Å². The van der Waals surface area contributed by atoms with E-state index >= 15 is 0 Å². The molecule has 2 unspecified atom stereocenters. The van der Waals surface area contributed by atoms with Gasteiger partial charge in [0.15, 0.2) is 0 Å². The zero-order valence-corrected chi connectivity index (χ0v) is 11.2. The minimum absolute atomic E-state index is 0.0795. The number of amides is 1. The number of carbonyl (C=O) groups is 1. The van der Waals surface area contributed by atoms with Gasteiger partial charge in [-0.3, -0.25) is 4.79 Å². The third-order valence-corrected chi connectivity index (χ3v) is 3.52. The molecule has 92 valence electrons. The molecule has 2 rings (SSSR count). The molecule has 1 amide bonds. The van der Waals surface area contributed by atoms with Crippen molar-refractivity contribution in [3.05, 3.63) is 28.5 Å². The molecule has 0 spiro atoms. The second-order valence-electron chi connectivity index (χ2n) is 4.20. The number of hydrogen-bond donors (Lipinski definition) is 1. The molecular formula is C12H15BrN2O2. The van der Waals surface area contributed by atoms with E-state index in [2.05, 4.69) is 26.2 Å². The first-order valence-corrected chi connectivity index (χ1v) is 6.47. The largest absolute Gasteiger partial charge is 0.378 e. The Hall–Kier alpha value is -0.940. The first-order valence-electron chi connectivity index (χ1n) is 5.68. The second kappa shape index (κ2) is 5.60. The molecule has 0 bridgehead atoms. The maximum atomic E-state index is 11.8. The van der Waals surface area contributed by atoms with E-state index in [1.807, 2.05) is 6.92 Å². The van der Waals surface area contributed by atoms with Gasteiger partial charge in [0.2, 0.25) is 0 Å². The SMILES string of the molecule is CC1OCCC1CNC(=O)c1ccc(Br)nc1. The molecule has 4 nitrogen and oxygen atoms in total. The van der Waals surface area contributed by atoms with Gasteiger partial charge in [0.1, 0.15) is 4.60 Å². The van der Waals surface area contributed by atoms with Gasteiger partial charge in [-0.05, 0) is 41.4 Å². The number of rotatable bonds is 3. The molecule has 2 heterocycles. The summed E-state index contributed by atoms with van der Waals surface area (Å²) in [4.78, 5) is 15.8. The van der Waals surface area contributed by atoms with Crippen molar-refractivity contribution in [3.63, 3.8) is 0 Å². The molecule has 1 aromatic heterocycles. The van der Waals surface area contributed by atoms with E-state index in [-0.39, 0.29) is 12.0 Å². The molecule has 17 heavy (non-hydrogen) atoms. The predicted octanol–water partition coefficient (Wildman–Crippen LogP) is 2.00. The quantitative estimate of drug-likeness (QED) is 0.869. The van der Waals surface area contributed by atoms with E-state index < -0.39 is 0 Å². The van der Waals surface area contributed by atoms with Gasteiger partial charge in [-0.1, -0.05) is 0 Å². The normalized spacial score (nSPS) is 23.6. The molecule has 1 N–H and O–H groups in total. The fourth-order valence-corrected chi connectivity index (χ4v) is 2.11. The average molecular weight is 299 g/mol. The molecule has 0 saturated carbocycles. The number of hydrogen-bond acceptors (Lipinski definition) is 3.